The van der Waals surface area contributed by atoms with Gasteiger partial charge < -0.3 is 0 Å². The monoisotopic (exact) mass is 287 g/mol. The summed E-state index contributed by atoms with van der Waals surface area (Å²) in [6, 6.07) is 5.15. The fourth-order valence-electron chi connectivity index (χ4n) is 2.84. The van der Waals surface area contributed by atoms with E-state index in [2.05, 4.69) is 10.00 Å². The second-order valence-electron chi connectivity index (χ2n) is 5.57. The highest BCUT2D eigenvalue weighted by Gasteiger charge is 2.21. The Labute approximate surface area is 122 Å². The van der Waals surface area contributed by atoms with Gasteiger partial charge in [-0.25, -0.2) is 9.07 Å². The van der Waals surface area contributed by atoms with Crippen molar-refractivity contribution in [2.45, 2.75) is 26.4 Å². The minimum absolute atomic E-state index is 0.0192. The molecule has 0 bridgehead atoms. The number of hydrogen-bond donors (Lipinski definition) is 0. The molecule has 1 aliphatic rings. The Bertz CT molecular complexity index is 719. The van der Waals surface area contributed by atoms with Crippen molar-refractivity contribution in [1.29, 1.82) is 0 Å². The molecule has 1 aromatic heterocycles. The molecule has 0 unspecified atom stereocenters. The van der Waals surface area contributed by atoms with E-state index in [1.165, 1.54) is 10.7 Å². The van der Waals surface area contributed by atoms with Crippen LogP contribution >= 0.6 is 0 Å². The van der Waals surface area contributed by atoms with Crippen LogP contribution in [0.5, 0.6) is 0 Å². The highest BCUT2D eigenvalue weighted by atomic mass is 19.1. The number of aryl methyl sites for hydroxylation is 2. The third-order valence-electron chi connectivity index (χ3n) is 4.13. The lowest BCUT2D eigenvalue weighted by Gasteiger charge is -2.28. The lowest BCUT2D eigenvalue weighted by atomic mass is 10.0. The predicted molar refractivity (Wildman–Crippen MR) is 78.4 cm³/mol. The summed E-state index contributed by atoms with van der Waals surface area (Å²) in [6.07, 6.45) is 2.44. The molecule has 0 atom stereocenters. The van der Waals surface area contributed by atoms with Gasteiger partial charge in [-0.3, -0.25) is 9.69 Å². The van der Waals surface area contributed by atoms with Crippen LogP contribution in [0.15, 0.2) is 29.2 Å². The fraction of sp³-hybridized carbons (Fsp3) is 0.375. The van der Waals surface area contributed by atoms with Crippen LogP contribution in [0, 0.1) is 12.7 Å². The second kappa shape index (κ2) is 5.41. The van der Waals surface area contributed by atoms with Gasteiger partial charge in [-0.05, 0) is 30.5 Å². The van der Waals surface area contributed by atoms with Gasteiger partial charge in [0.05, 0.1) is 6.20 Å². The zero-order valence-electron chi connectivity index (χ0n) is 12.3. The Morgan fingerprint density at radius 1 is 1.38 bits per heavy atom. The third kappa shape index (κ3) is 2.61. The van der Waals surface area contributed by atoms with E-state index in [9.17, 15) is 9.18 Å². The standard InChI is InChI=1S/C16H18FN3O/c1-11-4-3-5-15(17)14(11)10-20-7-6-13-12(9-20)8-18-19(2)16(13)21/h3-5,8H,6-7,9-10H2,1-2H3. The van der Waals surface area contributed by atoms with E-state index in [0.717, 1.165) is 28.8 Å². The van der Waals surface area contributed by atoms with Crippen LogP contribution in [-0.2, 0) is 26.6 Å². The van der Waals surface area contributed by atoms with Gasteiger partial charge >= 0.3 is 0 Å². The van der Waals surface area contributed by atoms with Crippen molar-refractivity contribution in [3.63, 3.8) is 0 Å². The maximum Gasteiger partial charge on any atom is 0.270 e. The van der Waals surface area contributed by atoms with Crippen LogP contribution in [0.25, 0.3) is 0 Å². The van der Waals surface area contributed by atoms with E-state index < -0.39 is 0 Å². The number of rotatable bonds is 2. The third-order valence-corrected chi connectivity index (χ3v) is 4.13. The predicted octanol–water partition coefficient (Wildman–Crippen LogP) is 1.79. The SMILES string of the molecule is Cc1cccc(F)c1CN1CCc2c(cnn(C)c2=O)C1. The molecule has 4 nitrogen and oxygen atoms in total. The molecule has 1 aromatic carbocycles. The fourth-order valence-corrected chi connectivity index (χ4v) is 2.84. The van der Waals surface area contributed by atoms with E-state index in [4.69, 9.17) is 0 Å². The van der Waals surface area contributed by atoms with E-state index in [-0.39, 0.29) is 11.4 Å². The zero-order valence-corrected chi connectivity index (χ0v) is 12.3. The molecule has 110 valence electrons. The quantitative estimate of drug-likeness (QED) is 0.845. The maximum atomic E-state index is 13.9. The molecule has 0 aliphatic carbocycles. The van der Waals surface area contributed by atoms with E-state index in [1.807, 2.05) is 13.0 Å². The highest BCUT2D eigenvalue weighted by Crippen LogP contribution is 2.20. The molecule has 2 heterocycles. The first kappa shape index (κ1) is 13.9. The summed E-state index contributed by atoms with van der Waals surface area (Å²) in [5.41, 5.74) is 3.47. The van der Waals surface area contributed by atoms with Crippen LogP contribution in [0.3, 0.4) is 0 Å². The van der Waals surface area contributed by atoms with Crippen LogP contribution in [0.1, 0.15) is 22.3 Å². The molecule has 1 aliphatic heterocycles. The van der Waals surface area contributed by atoms with Crippen LogP contribution < -0.4 is 5.56 Å². The summed E-state index contributed by atoms with van der Waals surface area (Å²) in [7, 11) is 1.66. The van der Waals surface area contributed by atoms with Crippen molar-refractivity contribution in [2.75, 3.05) is 6.54 Å². The summed E-state index contributed by atoms with van der Waals surface area (Å²) >= 11 is 0. The first-order chi connectivity index (χ1) is 10.1. The first-order valence-corrected chi connectivity index (χ1v) is 7.06. The van der Waals surface area contributed by atoms with Crippen molar-refractivity contribution in [3.05, 3.63) is 62.8 Å². The van der Waals surface area contributed by atoms with Gasteiger partial charge in [0.2, 0.25) is 0 Å². The Hall–Kier alpha value is -2.01. The minimum Gasteiger partial charge on any atom is -0.294 e. The van der Waals surface area contributed by atoms with Gasteiger partial charge in [0, 0.05) is 37.8 Å². The van der Waals surface area contributed by atoms with Crippen LogP contribution in [0.2, 0.25) is 0 Å². The van der Waals surface area contributed by atoms with Crippen LogP contribution in [0.4, 0.5) is 4.39 Å². The average molecular weight is 287 g/mol. The Kier molecular flexibility index (Phi) is 3.59. The average Bonchev–Trinajstić information content (AvgIpc) is 2.47. The van der Waals surface area contributed by atoms with E-state index in [0.29, 0.717) is 19.5 Å². The molecule has 3 rings (SSSR count). The van der Waals surface area contributed by atoms with Crippen molar-refractivity contribution in [2.24, 2.45) is 7.05 Å². The minimum atomic E-state index is -0.164. The molecule has 0 radical (unpaired) electrons. The van der Waals surface area contributed by atoms with Gasteiger partial charge in [0.1, 0.15) is 5.82 Å². The van der Waals surface area contributed by atoms with Crippen molar-refractivity contribution < 1.29 is 4.39 Å². The molecule has 0 amide bonds. The van der Waals surface area contributed by atoms with Crippen molar-refractivity contribution in [1.82, 2.24) is 14.7 Å². The van der Waals surface area contributed by atoms with Crippen molar-refractivity contribution in [3.8, 4) is 0 Å². The number of nitrogens with zero attached hydrogens (tertiary/aromatic N) is 3. The lowest BCUT2D eigenvalue weighted by molar-refractivity contribution is 0.239. The maximum absolute atomic E-state index is 13.9. The lowest BCUT2D eigenvalue weighted by Crippen LogP contribution is -2.36. The Morgan fingerprint density at radius 3 is 2.95 bits per heavy atom. The largest absolute Gasteiger partial charge is 0.294 e. The molecule has 0 saturated carbocycles. The van der Waals surface area contributed by atoms with Crippen LogP contribution in [-0.4, -0.2) is 21.2 Å². The summed E-state index contributed by atoms with van der Waals surface area (Å²) < 4.78 is 15.3. The molecule has 0 spiro atoms. The zero-order chi connectivity index (χ0) is 15.0. The molecular weight excluding hydrogens is 269 g/mol. The molecule has 0 N–H and O–H groups in total. The molecular formula is C16H18FN3O. The number of benzene rings is 1. The summed E-state index contributed by atoms with van der Waals surface area (Å²) in [4.78, 5) is 14.2. The summed E-state index contributed by atoms with van der Waals surface area (Å²) in [5, 5.41) is 4.07. The van der Waals surface area contributed by atoms with Crippen molar-refractivity contribution >= 4 is 0 Å². The van der Waals surface area contributed by atoms with Gasteiger partial charge in [0.15, 0.2) is 0 Å². The number of hydrogen-bond acceptors (Lipinski definition) is 3. The number of halogens is 1. The van der Waals surface area contributed by atoms with Gasteiger partial charge in [-0.15, -0.1) is 0 Å². The number of aromatic nitrogens is 2. The van der Waals surface area contributed by atoms with Gasteiger partial charge in [-0.2, -0.15) is 5.10 Å². The molecule has 21 heavy (non-hydrogen) atoms. The summed E-state index contributed by atoms with van der Waals surface area (Å²) in [5.74, 6) is -0.164. The highest BCUT2D eigenvalue weighted by molar-refractivity contribution is 5.28. The molecule has 5 heteroatoms. The Balaban J connectivity index is 1.84. The topological polar surface area (TPSA) is 38.1 Å². The van der Waals surface area contributed by atoms with Gasteiger partial charge in [0.25, 0.3) is 5.56 Å². The summed E-state index contributed by atoms with van der Waals surface area (Å²) in [6.45, 7) is 3.90. The number of fused-ring (bicyclic) bond motifs is 1. The second-order valence-corrected chi connectivity index (χ2v) is 5.57. The smallest absolute Gasteiger partial charge is 0.270 e. The molecule has 0 fully saturated rings. The van der Waals surface area contributed by atoms with E-state index in [1.54, 1.807) is 19.3 Å². The normalized spacial score (nSPS) is 15.0. The molecule has 0 saturated heterocycles. The van der Waals surface area contributed by atoms with Gasteiger partial charge in [-0.1, -0.05) is 12.1 Å². The Morgan fingerprint density at radius 2 is 2.19 bits per heavy atom. The first-order valence-electron chi connectivity index (χ1n) is 7.06. The van der Waals surface area contributed by atoms with E-state index >= 15 is 0 Å². The molecule has 2 aromatic rings.